The van der Waals surface area contributed by atoms with Gasteiger partial charge < -0.3 is 5.11 Å². The van der Waals surface area contributed by atoms with Crippen molar-refractivity contribution in [2.45, 2.75) is 64.9 Å². The van der Waals surface area contributed by atoms with Crippen molar-refractivity contribution in [3.05, 3.63) is 72.9 Å². The molecule has 1 nitrogen and oxygen atoms in total. The smallest absolute Gasteiger partial charge is 0.0758 e. The summed E-state index contributed by atoms with van der Waals surface area (Å²) in [5, 5.41) is 9.67. The van der Waals surface area contributed by atoms with Crippen molar-refractivity contribution >= 4 is 0 Å². The monoisotopic (exact) mass is 314 g/mol. The van der Waals surface area contributed by atoms with Crippen LogP contribution in [0.1, 0.15) is 58.8 Å². The van der Waals surface area contributed by atoms with E-state index in [9.17, 15) is 5.11 Å². The third-order valence-electron chi connectivity index (χ3n) is 3.13. The maximum absolute atomic E-state index is 9.67. The van der Waals surface area contributed by atoms with Gasteiger partial charge in [-0.1, -0.05) is 93.2 Å². The standard InChI is InChI=1S/C22H34O/c1-3-5-7-8-9-10-11-12-13-14-15-16-17-19-21-22(23)20-18-6-4-2/h6-8,10-11,13-14,16-19,21-23H,3-5,9,12,15,20H2,1-2H3. The zero-order valence-electron chi connectivity index (χ0n) is 14.9. The van der Waals surface area contributed by atoms with Gasteiger partial charge in [-0.15, -0.1) is 0 Å². The molecule has 0 aromatic heterocycles. The summed E-state index contributed by atoms with van der Waals surface area (Å²) < 4.78 is 0. The Balaban J connectivity index is 3.65. The number of hydrogen-bond acceptors (Lipinski definition) is 1. The van der Waals surface area contributed by atoms with Gasteiger partial charge in [0.25, 0.3) is 0 Å². The van der Waals surface area contributed by atoms with Crippen LogP contribution in [-0.2, 0) is 0 Å². The van der Waals surface area contributed by atoms with Gasteiger partial charge in [0.05, 0.1) is 6.10 Å². The van der Waals surface area contributed by atoms with E-state index in [1.165, 1.54) is 12.8 Å². The fourth-order valence-electron chi connectivity index (χ4n) is 1.83. The summed E-state index contributed by atoms with van der Waals surface area (Å²) in [6.07, 6.45) is 31.9. The first kappa shape index (κ1) is 21.4. The van der Waals surface area contributed by atoms with Crippen LogP contribution in [0.5, 0.6) is 0 Å². The first-order valence-corrected chi connectivity index (χ1v) is 8.92. The molecule has 0 aliphatic heterocycles. The van der Waals surface area contributed by atoms with E-state index in [2.05, 4.69) is 62.5 Å². The van der Waals surface area contributed by atoms with Crippen molar-refractivity contribution in [1.29, 1.82) is 0 Å². The number of hydrogen-bond donors (Lipinski definition) is 1. The summed E-state index contributed by atoms with van der Waals surface area (Å²) in [6, 6.07) is 0. The quantitative estimate of drug-likeness (QED) is 0.306. The topological polar surface area (TPSA) is 20.2 Å². The number of aliphatic hydroxyl groups is 1. The highest BCUT2D eigenvalue weighted by Crippen LogP contribution is 1.98. The Morgan fingerprint density at radius 2 is 1.30 bits per heavy atom. The second-order valence-corrected chi connectivity index (χ2v) is 5.41. The number of aliphatic hydroxyl groups excluding tert-OH is 1. The predicted molar refractivity (Wildman–Crippen MR) is 105 cm³/mol. The minimum Gasteiger partial charge on any atom is -0.389 e. The van der Waals surface area contributed by atoms with Crippen LogP contribution in [-0.4, -0.2) is 11.2 Å². The zero-order chi connectivity index (χ0) is 17.0. The second-order valence-electron chi connectivity index (χ2n) is 5.41. The molecule has 0 aromatic rings. The molecule has 0 saturated carbocycles. The van der Waals surface area contributed by atoms with E-state index in [1.54, 1.807) is 0 Å². The van der Waals surface area contributed by atoms with Gasteiger partial charge in [0.1, 0.15) is 0 Å². The molecule has 0 aromatic carbocycles. The molecule has 0 amide bonds. The van der Waals surface area contributed by atoms with Crippen molar-refractivity contribution < 1.29 is 5.11 Å². The molecule has 0 bridgehead atoms. The largest absolute Gasteiger partial charge is 0.389 e. The van der Waals surface area contributed by atoms with E-state index in [0.717, 1.165) is 25.7 Å². The molecule has 0 heterocycles. The average Bonchev–Trinajstić information content (AvgIpc) is 2.55. The van der Waals surface area contributed by atoms with Crippen LogP contribution in [0.15, 0.2) is 72.9 Å². The maximum atomic E-state index is 9.67. The highest BCUT2D eigenvalue weighted by molar-refractivity contribution is 5.08. The van der Waals surface area contributed by atoms with Gasteiger partial charge in [-0.2, -0.15) is 0 Å². The highest BCUT2D eigenvalue weighted by atomic mass is 16.3. The highest BCUT2D eigenvalue weighted by Gasteiger charge is 1.92. The van der Waals surface area contributed by atoms with E-state index in [4.69, 9.17) is 0 Å². The number of unbranched alkanes of at least 4 members (excludes halogenated alkanes) is 1. The summed E-state index contributed by atoms with van der Waals surface area (Å²) >= 11 is 0. The van der Waals surface area contributed by atoms with Crippen molar-refractivity contribution in [2.24, 2.45) is 0 Å². The Morgan fingerprint density at radius 3 is 1.91 bits per heavy atom. The summed E-state index contributed by atoms with van der Waals surface area (Å²) in [4.78, 5) is 0. The van der Waals surface area contributed by atoms with Gasteiger partial charge in [-0.05, 0) is 38.5 Å². The van der Waals surface area contributed by atoms with Gasteiger partial charge >= 0.3 is 0 Å². The molecular weight excluding hydrogens is 280 g/mol. The Morgan fingerprint density at radius 1 is 0.696 bits per heavy atom. The molecule has 1 heteroatoms. The van der Waals surface area contributed by atoms with Crippen LogP contribution in [0.2, 0.25) is 0 Å². The van der Waals surface area contributed by atoms with Gasteiger partial charge in [0.2, 0.25) is 0 Å². The predicted octanol–water partition coefficient (Wildman–Crippen LogP) is 6.46. The Kier molecular flexibility index (Phi) is 17.2. The molecule has 1 N–H and O–H groups in total. The summed E-state index contributed by atoms with van der Waals surface area (Å²) in [6.45, 7) is 4.29. The van der Waals surface area contributed by atoms with E-state index < -0.39 is 0 Å². The normalized spacial score (nSPS) is 14.7. The van der Waals surface area contributed by atoms with Crippen LogP contribution < -0.4 is 0 Å². The van der Waals surface area contributed by atoms with Crippen LogP contribution in [0.3, 0.4) is 0 Å². The van der Waals surface area contributed by atoms with E-state index in [1.807, 2.05) is 24.3 Å². The minimum atomic E-state index is -0.380. The number of allylic oxidation sites excluding steroid dienone is 10. The maximum Gasteiger partial charge on any atom is 0.0758 e. The first-order chi connectivity index (χ1) is 11.3. The molecular formula is C22H34O. The lowest BCUT2D eigenvalue weighted by Crippen LogP contribution is -1.98. The summed E-state index contributed by atoms with van der Waals surface area (Å²) in [5.41, 5.74) is 0. The molecule has 23 heavy (non-hydrogen) atoms. The molecule has 0 fully saturated rings. The molecule has 0 aliphatic carbocycles. The molecule has 1 unspecified atom stereocenters. The van der Waals surface area contributed by atoms with Crippen molar-refractivity contribution in [1.82, 2.24) is 0 Å². The van der Waals surface area contributed by atoms with Gasteiger partial charge in [0.15, 0.2) is 0 Å². The molecule has 128 valence electrons. The van der Waals surface area contributed by atoms with Crippen molar-refractivity contribution in [3.8, 4) is 0 Å². The Hall–Kier alpha value is -1.60. The van der Waals surface area contributed by atoms with E-state index in [0.29, 0.717) is 6.42 Å². The van der Waals surface area contributed by atoms with Crippen LogP contribution >= 0.6 is 0 Å². The third-order valence-corrected chi connectivity index (χ3v) is 3.13. The number of rotatable bonds is 13. The summed E-state index contributed by atoms with van der Waals surface area (Å²) in [7, 11) is 0. The summed E-state index contributed by atoms with van der Waals surface area (Å²) in [5.74, 6) is 0. The first-order valence-electron chi connectivity index (χ1n) is 8.92. The Labute approximate surface area is 143 Å². The fourth-order valence-corrected chi connectivity index (χ4v) is 1.83. The van der Waals surface area contributed by atoms with Crippen LogP contribution in [0, 0.1) is 0 Å². The fraction of sp³-hybridized carbons (Fsp3) is 0.455. The van der Waals surface area contributed by atoms with Crippen molar-refractivity contribution in [3.63, 3.8) is 0 Å². The molecule has 0 saturated heterocycles. The molecule has 1 atom stereocenters. The second kappa shape index (κ2) is 18.4. The SMILES string of the molecule is CCC=CCC(O)C=CC=CCC=CCC=CCC=CCCC. The molecule has 0 spiro atoms. The van der Waals surface area contributed by atoms with Crippen LogP contribution in [0.4, 0.5) is 0 Å². The lowest BCUT2D eigenvalue weighted by Gasteiger charge is -1.98. The zero-order valence-corrected chi connectivity index (χ0v) is 14.9. The Bertz CT molecular complexity index is 408. The lowest BCUT2D eigenvalue weighted by atomic mass is 10.2. The van der Waals surface area contributed by atoms with E-state index >= 15 is 0 Å². The third kappa shape index (κ3) is 18.4. The molecule has 0 aliphatic rings. The molecule has 0 radical (unpaired) electrons. The lowest BCUT2D eigenvalue weighted by molar-refractivity contribution is 0.227. The average molecular weight is 315 g/mol. The van der Waals surface area contributed by atoms with Gasteiger partial charge in [-0.25, -0.2) is 0 Å². The van der Waals surface area contributed by atoms with Crippen LogP contribution in [0.25, 0.3) is 0 Å². The molecule has 0 rings (SSSR count). The van der Waals surface area contributed by atoms with Gasteiger partial charge in [0, 0.05) is 0 Å². The minimum absolute atomic E-state index is 0.380. The van der Waals surface area contributed by atoms with E-state index in [-0.39, 0.29) is 6.10 Å². The van der Waals surface area contributed by atoms with Gasteiger partial charge in [-0.3, -0.25) is 0 Å². The van der Waals surface area contributed by atoms with Crippen molar-refractivity contribution in [2.75, 3.05) is 0 Å².